The fraction of sp³-hybridized carbons (Fsp3) is 0.358. The van der Waals surface area contributed by atoms with Crippen molar-refractivity contribution < 1.29 is 13.5 Å². The van der Waals surface area contributed by atoms with Crippen LogP contribution in [0.4, 0.5) is 20.3 Å². The number of likely N-dealkylation sites (N-methyl/N-ethyl adjacent to an activating group) is 1. The summed E-state index contributed by atoms with van der Waals surface area (Å²) < 4.78 is 36.8. The quantitative estimate of drug-likeness (QED) is 0.0990. The molecule has 7 atom stereocenters. The summed E-state index contributed by atoms with van der Waals surface area (Å²) in [4.78, 5) is 31.0. The molecule has 2 aliphatic carbocycles. The second kappa shape index (κ2) is 17.2. The number of hydrogen-bond acceptors (Lipinski definition) is 14. The summed E-state index contributed by atoms with van der Waals surface area (Å²) in [5, 5.41) is 15.2. The summed E-state index contributed by atoms with van der Waals surface area (Å²) in [6, 6.07) is 23.7. The van der Waals surface area contributed by atoms with Gasteiger partial charge in [-0.1, -0.05) is 60.1 Å². The van der Waals surface area contributed by atoms with Crippen LogP contribution in [0.5, 0.6) is 5.75 Å². The number of anilines is 2. The highest BCUT2D eigenvalue weighted by molar-refractivity contribution is 6.34. The summed E-state index contributed by atoms with van der Waals surface area (Å²) in [5.41, 5.74) is 27.2. The van der Waals surface area contributed by atoms with Crippen LogP contribution in [0, 0.1) is 35.3 Å². The molecule has 1 unspecified atom stereocenters. The van der Waals surface area contributed by atoms with Crippen LogP contribution >= 0.6 is 11.6 Å². The van der Waals surface area contributed by atoms with Crippen molar-refractivity contribution in [2.45, 2.75) is 29.7 Å². The molecule has 20 heteroatoms. The Bertz CT molecular complexity index is 3480. The van der Waals surface area contributed by atoms with Crippen LogP contribution in [0.2, 0.25) is 5.02 Å². The maximum atomic E-state index is 14.7. The predicted octanol–water partition coefficient (Wildman–Crippen LogP) is 5.16. The van der Waals surface area contributed by atoms with Crippen molar-refractivity contribution in [1.29, 1.82) is 0 Å². The number of nitrogens with one attached hydrogen (secondary N) is 6. The predicted molar refractivity (Wildman–Crippen MR) is 276 cm³/mol. The van der Waals surface area contributed by atoms with E-state index in [-0.39, 0.29) is 40.1 Å². The van der Waals surface area contributed by atoms with E-state index in [9.17, 15) is 13.6 Å². The van der Waals surface area contributed by atoms with Gasteiger partial charge in [0.05, 0.1) is 51.9 Å². The van der Waals surface area contributed by atoms with Crippen LogP contribution in [0.1, 0.15) is 35.6 Å². The number of halogens is 3. The van der Waals surface area contributed by atoms with Gasteiger partial charge in [-0.3, -0.25) is 9.67 Å². The van der Waals surface area contributed by atoms with Crippen LogP contribution < -0.4 is 53.2 Å². The van der Waals surface area contributed by atoms with Crippen molar-refractivity contribution in [1.82, 2.24) is 56.1 Å². The SMILES string of the molecule is CN1CCOc2ccc(C3NNC4=C3NC=C(N3CC[C@@H]5[C@H](C3)[C@@]5(CN)c3ccccc3F)N4)c(Cl)c21.Cn1c(=O)[nH]c2ccc(-c3[nH]nc4nc(N5CC[C@@H]6[C@H](C5)[C@@]6(CN)c5ccccc5F)cnc34)cc21. The monoisotopic (exact) mass is 1010 g/mol. The van der Waals surface area contributed by atoms with Gasteiger partial charge in [0, 0.05) is 76.0 Å². The number of H-pyrrole nitrogens is 2. The number of nitrogens with two attached hydrogens (primary N) is 2. The molecule has 0 bridgehead atoms. The number of rotatable bonds is 8. The number of aromatic nitrogens is 6. The van der Waals surface area contributed by atoms with E-state index in [1.54, 1.807) is 36.0 Å². The first-order valence-corrected chi connectivity index (χ1v) is 25.4. The van der Waals surface area contributed by atoms with Gasteiger partial charge in [0.15, 0.2) is 0 Å². The molecule has 8 heterocycles. The number of likely N-dealkylation sites (tertiary alicyclic amines) is 1. The van der Waals surface area contributed by atoms with E-state index in [1.807, 2.05) is 67.8 Å². The fourth-order valence-corrected chi connectivity index (χ4v) is 13.7. The van der Waals surface area contributed by atoms with Crippen LogP contribution in [0.15, 0.2) is 113 Å². The number of benzene rings is 4. The largest absolute Gasteiger partial charge is 0.490 e. The lowest BCUT2D eigenvalue weighted by molar-refractivity contribution is 0.257. The van der Waals surface area contributed by atoms with Crippen LogP contribution in [0.3, 0.4) is 0 Å². The van der Waals surface area contributed by atoms with Gasteiger partial charge in [0.25, 0.3) is 0 Å². The molecule has 73 heavy (non-hydrogen) atoms. The van der Waals surface area contributed by atoms with Gasteiger partial charge >= 0.3 is 5.69 Å². The average molecular weight is 1010 g/mol. The minimum Gasteiger partial charge on any atom is -0.490 e. The highest BCUT2D eigenvalue weighted by Gasteiger charge is 2.67. The summed E-state index contributed by atoms with van der Waals surface area (Å²) in [6.07, 6.45) is 5.70. The van der Waals surface area contributed by atoms with E-state index >= 15 is 0 Å². The third-order valence-electron chi connectivity index (χ3n) is 17.2. The molecule has 7 aliphatic rings. The molecule has 10 N–H and O–H groups in total. The van der Waals surface area contributed by atoms with Crippen molar-refractivity contribution in [3.63, 3.8) is 0 Å². The zero-order chi connectivity index (χ0) is 49.9. The van der Waals surface area contributed by atoms with E-state index in [2.05, 4.69) is 51.4 Å². The number of hydrazine groups is 1. The van der Waals surface area contributed by atoms with Crippen molar-refractivity contribution in [3.05, 3.63) is 152 Å². The molecule has 0 spiro atoms. The molecule has 2 saturated heterocycles. The first-order chi connectivity index (χ1) is 35.5. The van der Waals surface area contributed by atoms with Gasteiger partial charge in [-0.15, -0.1) is 0 Å². The summed E-state index contributed by atoms with van der Waals surface area (Å²) in [6.45, 7) is 5.64. The molecule has 376 valence electrons. The van der Waals surface area contributed by atoms with Crippen LogP contribution in [-0.2, 0) is 17.9 Å². The van der Waals surface area contributed by atoms with E-state index < -0.39 is 0 Å². The molecule has 0 radical (unpaired) electrons. The normalized spacial score (nSPS) is 26.6. The van der Waals surface area contributed by atoms with E-state index in [4.69, 9.17) is 37.8 Å². The third kappa shape index (κ3) is 7.02. The molecule has 7 aromatic rings. The second-order valence-electron chi connectivity index (χ2n) is 20.4. The number of piperidine rings is 2. The average Bonchev–Trinajstić information content (AvgIpc) is 4.00. The lowest BCUT2D eigenvalue weighted by Crippen LogP contribution is -2.42. The van der Waals surface area contributed by atoms with Crippen LogP contribution in [0.25, 0.3) is 33.5 Å². The topological polar surface area (TPSA) is 211 Å². The molecule has 0 amide bonds. The fourth-order valence-electron chi connectivity index (χ4n) is 13.3. The lowest BCUT2D eigenvalue weighted by Gasteiger charge is -2.33. The van der Waals surface area contributed by atoms with Gasteiger partial charge < -0.3 is 51.9 Å². The Balaban J connectivity index is 0.000000141. The Labute approximate surface area is 424 Å². The smallest absolute Gasteiger partial charge is 0.326 e. The maximum Gasteiger partial charge on any atom is 0.326 e. The number of hydrogen-bond donors (Lipinski definition) is 8. The standard InChI is InChI=1S/C27H31ClFN7O.C26H25FN8O/c1-35-10-11-37-20-7-6-15(22(28)25(20)35)23-24-26(34-33-23)32-21(12-31-24)36-9-8-16-18(13-36)27(16,14-30)17-4-2-3-5-19(17)29;1-34-20-10-14(6-7-19(20)30-25(34)36)22-23-24(33-32-22)31-21(11-29-23)35-9-8-15-17(12-35)26(15,13-28)16-4-2-3-5-18(16)27/h2-7,12,16,18,23,31-34H,8-11,13-14,30H2,1H3;2-7,10-11,15,17H,8-9,12-13,28H2,1H3,(H,30,36)(H,31,32,33)/t16-,18+,23?,27-;15-,17+,26-/m11/s1. The highest BCUT2D eigenvalue weighted by atomic mass is 35.5. The van der Waals surface area contributed by atoms with Crippen molar-refractivity contribution in [2.75, 3.05) is 69.3 Å². The van der Waals surface area contributed by atoms with Crippen molar-refractivity contribution >= 4 is 45.3 Å². The highest BCUT2D eigenvalue weighted by Crippen LogP contribution is 2.64. The Morgan fingerprint density at radius 3 is 2.27 bits per heavy atom. The summed E-state index contributed by atoms with van der Waals surface area (Å²) in [5.74, 6) is 4.52. The first-order valence-electron chi connectivity index (χ1n) is 25.0. The Kier molecular flexibility index (Phi) is 10.8. The molecule has 14 rings (SSSR count). The molecule has 4 aromatic carbocycles. The van der Waals surface area contributed by atoms with E-state index in [0.717, 1.165) is 119 Å². The van der Waals surface area contributed by atoms with Gasteiger partial charge in [0.1, 0.15) is 47.0 Å². The van der Waals surface area contributed by atoms with Crippen molar-refractivity contribution in [3.8, 4) is 17.0 Å². The first kappa shape index (κ1) is 45.7. The number of fused-ring (bicyclic) bond motifs is 5. The third-order valence-corrected chi connectivity index (χ3v) is 17.6. The molecule has 3 aromatic heterocycles. The minimum absolute atomic E-state index is 0.145. The molecule has 4 fully saturated rings. The van der Waals surface area contributed by atoms with Gasteiger partial charge in [-0.2, -0.15) is 5.10 Å². The molecule has 17 nitrogen and oxygen atoms in total. The summed E-state index contributed by atoms with van der Waals surface area (Å²) in [7, 11) is 3.77. The van der Waals surface area contributed by atoms with Gasteiger partial charge in [-0.05, 0) is 83.5 Å². The Hall–Kier alpha value is -7.19. The zero-order valence-electron chi connectivity index (χ0n) is 40.4. The number of aromatic amines is 2. The number of aryl methyl sites for hydroxylation is 1. The Morgan fingerprint density at radius 1 is 0.863 bits per heavy atom. The summed E-state index contributed by atoms with van der Waals surface area (Å²) >= 11 is 6.89. The number of ether oxygens (including phenoxy) is 1. The maximum absolute atomic E-state index is 14.7. The van der Waals surface area contributed by atoms with Crippen molar-refractivity contribution in [2.24, 2.45) is 42.2 Å². The lowest BCUT2D eigenvalue weighted by atomic mass is 9.91. The van der Waals surface area contributed by atoms with Crippen LogP contribution in [-0.4, -0.2) is 94.1 Å². The van der Waals surface area contributed by atoms with Gasteiger partial charge in [-0.25, -0.2) is 29.0 Å². The zero-order valence-corrected chi connectivity index (χ0v) is 41.1. The number of nitrogens with zero attached hydrogens (tertiary/aromatic N) is 7. The molecular formula is C53H56ClF2N15O2. The molecular weight excluding hydrogens is 952 g/mol. The van der Waals surface area contributed by atoms with E-state index in [0.29, 0.717) is 53.6 Å². The minimum atomic E-state index is -0.311. The number of imidazole rings is 1. The Morgan fingerprint density at radius 2 is 1.56 bits per heavy atom. The van der Waals surface area contributed by atoms with E-state index in [1.165, 1.54) is 6.07 Å². The molecule has 2 saturated carbocycles. The molecule has 5 aliphatic heterocycles. The van der Waals surface area contributed by atoms with Gasteiger partial charge in [0.2, 0.25) is 5.65 Å². The second-order valence-corrected chi connectivity index (χ2v) is 20.8.